The lowest BCUT2D eigenvalue weighted by atomic mass is 10.2. The van der Waals surface area contributed by atoms with Crippen LogP contribution in [-0.2, 0) is 14.3 Å². The number of Topliss-reactive ketones (excluding diaryl/α,β-unsaturated/α-hetero) is 1. The Morgan fingerprint density at radius 1 is 1.31 bits per heavy atom. The molecule has 0 saturated heterocycles. The SMILES string of the molecule is COC(=O)CC(=O)CSc1nnc(NC(=O)Nc2cccc(C#N)c2)s1. The van der Waals surface area contributed by atoms with Gasteiger partial charge in [0.05, 0.1) is 24.5 Å². The minimum Gasteiger partial charge on any atom is -0.469 e. The molecule has 0 aliphatic carbocycles. The number of ether oxygens (including phenoxy) is 1. The fourth-order valence-electron chi connectivity index (χ4n) is 1.67. The number of thioether (sulfide) groups is 1. The van der Waals surface area contributed by atoms with Crippen LogP contribution in [0.4, 0.5) is 15.6 Å². The first-order chi connectivity index (χ1) is 12.5. The van der Waals surface area contributed by atoms with E-state index in [1.165, 1.54) is 13.2 Å². The van der Waals surface area contributed by atoms with Crippen LogP contribution in [0.5, 0.6) is 0 Å². The minimum absolute atomic E-state index is 0.0525. The van der Waals surface area contributed by atoms with Crippen molar-refractivity contribution < 1.29 is 19.1 Å². The van der Waals surface area contributed by atoms with Crippen molar-refractivity contribution in [3.05, 3.63) is 29.8 Å². The van der Waals surface area contributed by atoms with E-state index in [4.69, 9.17) is 5.26 Å². The second-order valence-electron chi connectivity index (χ2n) is 4.73. The lowest BCUT2D eigenvalue weighted by Gasteiger charge is -2.04. The molecule has 2 N–H and O–H groups in total. The summed E-state index contributed by atoms with van der Waals surface area (Å²) in [5, 5.41) is 21.8. The number of nitrogens with one attached hydrogen (secondary N) is 2. The van der Waals surface area contributed by atoms with Gasteiger partial charge in [0.1, 0.15) is 6.42 Å². The standard InChI is InChI=1S/C15H13N5O4S2/c1-24-12(22)6-11(21)8-25-15-20-19-14(26-15)18-13(23)17-10-4-2-3-9(5-10)7-16/h2-5H,6,8H2,1H3,(H2,17,18,19,23). The van der Waals surface area contributed by atoms with Gasteiger partial charge >= 0.3 is 12.0 Å². The number of anilines is 2. The number of hydrogen-bond acceptors (Lipinski definition) is 9. The number of benzene rings is 1. The van der Waals surface area contributed by atoms with Gasteiger partial charge in [0.25, 0.3) is 0 Å². The smallest absolute Gasteiger partial charge is 0.325 e. The summed E-state index contributed by atoms with van der Waals surface area (Å²) in [7, 11) is 1.22. The summed E-state index contributed by atoms with van der Waals surface area (Å²) in [6, 6.07) is 7.91. The summed E-state index contributed by atoms with van der Waals surface area (Å²) < 4.78 is 4.89. The maximum absolute atomic E-state index is 11.9. The average molecular weight is 391 g/mol. The van der Waals surface area contributed by atoms with Crippen LogP contribution in [0.15, 0.2) is 28.6 Å². The number of aromatic nitrogens is 2. The number of rotatable bonds is 7. The van der Waals surface area contributed by atoms with Gasteiger partial charge < -0.3 is 10.1 Å². The fraction of sp³-hybridized carbons (Fsp3) is 0.200. The Bertz CT molecular complexity index is 862. The van der Waals surface area contributed by atoms with Gasteiger partial charge in [-0.05, 0) is 18.2 Å². The first-order valence-corrected chi connectivity index (χ1v) is 8.93. The Balaban J connectivity index is 1.83. The average Bonchev–Trinajstić information content (AvgIpc) is 3.07. The topological polar surface area (TPSA) is 134 Å². The second-order valence-corrected chi connectivity index (χ2v) is 6.93. The molecular formula is C15H13N5O4S2. The summed E-state index contributed by atoms with van der Waals surface area (Å²) in [6.45, 7) is 0. The van der Waals surface area contributed by atoms with Crippen LogP contribution >= 0.6 is 23.1 Å². The molecule has 0 fully saturated rings. The van der Waals surface area contributed by atoms with Crippen molar-refractivity contribution in [2.75, 3.05) is 23.5 Å². The Morgan fingerprint density at radius 3 is 2.85 bits per heavy atom. The van der Waals surface area contributed by atoms with Crippen molar-refractivity contribution in [3.8, 4) is 6.07 Å². The van der Waals surface area contributed by atoms with Gasteiger partial charge in [-0.25, -0.2) is 4.79 Å². The van der Waals surface area contributed by atoms with Crippen molar-refractivity contribution >= 4 is 51.7 Å². The lowest BCUT2D eigenvalue weighted by Crippen LogP contribution is -2.19. The highest BCUT2D eigenvalue weighted by atomic mass is 32.2. The highest BCUT2D eigenvalue weighted by Gasteiger charge is 2.13. The third kappa shape index (κ3) is 6.15. The van der Waals surface area contributed by atoms with E-state index >= 15 is 0 Å². The van der Waals surface area contributed by atoms with Gasteiger partial charge in [-0.3, -0.25) is 14.9 Å². The molecule has 0 bridgehead atoms. The van der Waals surface area contributed by atoms with Crippen LogP contribution in [0.3, 0.4) is 0 Å². The Morgan fingerprint density at radius 2 is 2.12 bits per heavy atom. The number of nitrogens with zero attached hydrogens (tertiary/aromatic N) is 3. The minimum atomic E-state index is -0.590. The highest BCUT2D eigenvalue weighted by molar-refractivity contribution is 8.01. The number of carbonyl (C=O) groups is 3. The quantitative estimate of drug-likeness (QED) is 0.318. The molecule has 2 amide bonds. The van der Waals surface area contributed by atoms with Gasteiger partial charge in [0.2, 0.25) is 5.13 Å². The summed E-state index contributed by atoms with van der Waals surface area (Å²) in [6.07, 6.45) is -0.294. The van der Waals surface area contributed by atoms with E-state index in [-0.39, 0.29) is 23.1 Å². The van der Waals surface area contributed by atoms with Crippen molar-refractivity contribution in [2.24, 2.45) is 0 Å². The molecule has 0 spiro atoms. The van der Waals surface area contributed by atoms with Crippen LogP contribution in [0.1, 0.15) is 12.0 Å². The van der Waals surface area contributed by atoms with Crippen LogP contribution in [0.25, 0.3) is 0 Å². The molecule has 11 heteroatoms. The van der Waals surface area contributed by atoms with Crippen molar-refractivity contribution in [3.63, 3.8) is 0 Å². The molecule has 1 aromatic carbocycles. The predicted molar refractivity (Wildman–Crippen MR) is 96.1 cm³/mol. The summed E-state index contributed by atoms with van der Waals surface area (Å²) in [5.74, 6) is -0.828. The van der Waals surface area contributed by atoms with Gasteiger partial charge in [-0.2, -0.15) is 5.26 Å². The molecule has 0 aliphatic rings. The van der Waals surface area contributed by atoms with Gasteiger partial charge in [0.15, 0.2) is 10.1 Å². The zero-order chi connectivity index (χ0) is 18.9. The molecule has 1 heterocycles. The van der Waals surface area contributed by atoms with E-state index in [0.29, 0.717) is 15.6 Å². The first kappa shape index (κ1) is 19.4. The molecule has 0 atom stereocenters. The Labute approximate surface area is 156 Å². The van der Waals surface area contributed by atoms with Crippen molar-refractivity contribution in [1.82, 2.24) is 10.2 Å². The summed E-state index contributed by atoms with van der Waals surface area (Å²) >= 11 is 2.21. The molecule has 9 nitrogen and oxygen atoms in total. The van der Waals surface area contributed by atoms with E-state index in [9.17, 15) is 14.4 Å². The number of nitriles is 1. The Kier molecular flexibility index (Phi) is 7.07. The third-order valence-corrected chi connectivity index (χ3v) is 4.83. The molecule has 0 aliphatic heterocycles. The van der Waals surface area contributed by atoms with Crippen LogP contribution in [0, 0.1) is 11.3 Å². The number of esters is 1. The van der Waals surface area contributed by atoms with E-state index < -0.39 is 12.0 Å². The molecule has 26 heavy (non-hydrogen) atoms. The molecular weight excluding hydrogens is 378 g/mol. The van der Waals surface area contributed by atoms with Crippen molar-refractivity contribution in [2.45, 2.75) is 10.8 Å². The van der Waals surface area contributed by atoms with E-state index in [1.54, 1.807) is 18.2 Å². The number of ketones is 1. The molecule has 134 valence electrons. The first-order valence-electron chi connectivity index (χ1n) is 7.13. The van der Waals surface area contributed by atoms with Crippen LogP contribution in [-0.4, -0.2) is 40.8 Å². The normalized spacial score (nSPS) is 9.85. The zero-order valence-electron chi connectivity index (χ0n) is 13.5. The van der Waals surface area contributed by atoms with Gasteiger partial charge in [-0.15, -0.1) is 10.2 Å². The lowest BCUT2D eigenvalue weighted by molar-refractivity contribution is -0.142. The predicted octanol–water partition coefficient (Wildman–Crippen LogP) is 2.28. The zero-order valence-corrected chi connectivity index (χ0v) is 15.1. The maximum atomic E-state index is 11.9. The highest BCUT2D eigenvalue weighted by Crippen LogP contribution is 2.25. The van der Waals surface area contributed by atoms with Crippen LogP contribution < -0.4 is 10.6 Å². The third-order valence-electron chi connectivity index (χ3n) is 2.80. The largest absolute Gasteiger partial charge is 0.469 e. The number of carbonyl (C=O) groups excluding carboxylic acids is 3. The molecule has 2 aromatic rings. The second kappa shape index (κ2) is 9.50. The van der Waals surface area contributed by atoms with Crippen LogP contribution in [0.2, 0.25) is 0 Å². The summed E-state index contributed by atoms with van der Waals surface area (Å²) in [4.78, 5) is 34.5. The maximum Gasteiger partial charge on any atom is 0.325 e. The number of hydrogen-bond donors (Lipinski definition) is 2. The van der Waals surface area contributed by atoms with Gasteiger partial charge in [0, 0.05) is 5.69 Å². The molecule has 0 radical (unpaired) electrons. The van der Waals surface area contributed by atoms with Crippen molar-refractivity contribution in [1.29, 1.82) is 5.26 Å². The van der Waals surface area contributed by atoms with Gasteiger partial charge in [-0.1, -0.05) is 29.2 Å². The van der Waals surface area contributed by atoms with E-state index in [0.717, 1.165) is 23.1 Å². The molecule has 0 saturated carbocycles. The Hall–Kier alpha value is -2.97. The van der Waals surface area contributed by atoms with E-state index in [1.807, 2.05) is 6.07 Å². The number of urea groups is 1. The number of methoxy groups -OCH3 is 1. The van der Waals surface area contributed by atoms with E-state index in [2.05, 4.69) is 25.6 Å². The number of amides is 2. The molecule has 1 aromatic heterocycles. The molecule has 2 rings (SSSR count). The fourth-order valence-corrected chi connectivity index (χ4v) is 3.28. The molecule has 0 unspecified atom stereocenters. The monoisotopic (exact) mass is 391 g/mol. The summed E-state index contributed by atoms with van der Waals surface area (Å²) in [5.41, 5.74) is 0.892.